The molecule has 40 heavy (non-hydrogen) atoms. The lowest BCUT2D eigenvalue weighted by Gasteiger charge is -2.28. The van der Waals surface area contributed by atoms with Crippen LogP contribution in [0.25, 0.3) is 11.3 Å². The SMILES string of the molecule is CCCCN(CCC(C)CC)c1cc(C(C)(F)F)cc(-c2ccnc(NC(=O)C3CCC3)c2C(C)C(F)(F)F)n1. The highest BCUT2D eigenvalue weighted by atomic mass is 19.4. The summed E-state index contributed by atoms with van der Waals surface area (Å²) < 4.78 is 71.9. The lowest BCUT2D eigenvalue weighted by atomic mass is 9.84. The Labute approximate surface area is 234 Å². The number of rotatable bonds is 13. The normalized spacial score (nSPS) is 15.8. The molecule has 2 atom stereocenters. The summed E-state index contributed by atoms with van der Waals surface area (Å²) in [5.74, 6) is -5.42. The Balaban J connectivity index is 2.18. The van der Waals surface area contributed by atoms with E-state index in [9.17, 15) is 26.7 Å². The van der Waals surface area contributed by atoms with Gasteiger partial charge in [0, 0.05) is 48.8 Å². The van der Waals surface area contributed by atoms with E-state index in [1.54, 1.807) is 0 Å². The second-order valence-electron chi connectivity index (χ2n) is 11.1. The van der Waals surface area contributed by atoms with Gasteiger partial charge < -0.3 is 10.2 Å². The number of halogens is 5. The third-order valence-corrected chi connectivity index (χ3v) is 7.92. The van der Waals surface area contributed by atoms with Crippen molar-refractivity contribution in [3.05, 3.63) is 35.5 Å². The van der Waals surface area contributed by atoms with Crippen LogP contribution in [0.5, 0.6) is 0 Å². The molecule has 1 saturated carbocycles. The van der Waals surface area contributed by atoms with Crippen LogP contribution in [-0.4, -0.2) is 35.1 Å². The Hall–Kier alpha value is -2.78. The van der Waals surface area contributed by atoms with E-state index in [1.165, 1.54) is 18.3 Å². The van der Waals surface area contributed by atoms with E-state index >= 15 is 0 Å². The molecule has 2 heterocycles. The van der Waals surface area contributed by atoms with Crippen LogP contribution in [0.1, 0.15) is 96.6 Å². The molecule has 0 aromatic carbocycles. The number of amides is 1. The Morgan fingerprint density at radius 3 is 2.38 bits per heavy atom. The van der Waals surface area contributed by atoms with Crippen LogP contribution >= 0.6 is 0 Å². The summed E-state index contributed by atoms with van der Waals surface area (Å²) in [6.45, 7) is 9.16. The molecule has 3 rings (SSSR count). The summed E-state index contributed by atoms with van der Waals surface area (Å²) in [5, 5.41) is 2.59. The molecule has 1 aliphatic rings. The first-order chi connectivity index (χ1) is 18.8. The fourth-order valence-electron chi connectivity index (χ4n) is 4.63. The quantitative estimate of drug-likeness (QED) is 0.246. The van der Waals surface area contributed by atoms with Crippen molar-refractivity contribution in [2.24, 2.45) is 11.8 Å². The molecule has 10 heteroatoms. The molecule has 1 fully saturated rings. The molecule has 222 valence electrons. The van der Waals surface area contributed by atoms with E-state index < -0.39 is 18.0 Å². The molecule has 2 aromatic rings. The van der Waals surface area contributed by atoms with Crippen LogP contribution in [0, 0.1) is 11.8 Å². The average Bonchev–Trinajstić information content (AvgIpc) is 2.85. The number of aromatic nitrogens is 2. The number of hydrogen-bond acceptors (Lipinski definition) is 4. The van der Waals surface area contributed by atoms with Crippen molar-refractivity contribution in [1.29, 1.82) is 0 Å². The minimum Gasteiger partial charge on any atom is -0.357 e. The first kappa shape index (κ1) is 31.7. The van der Waals surface area contributed by atoms with Crippen LogP contribution in [0.4, 0.5) is 33.6 Å². The van der Waals surface area contributed by atoms with Gasteiger partial charge in [0.2, 0.25) is 5.91 Å². The standard InChI is InChI=1S/C30H41F5N4O/c1-6-8-15-39(16-13-19(3)7-2)25-18-22(29(5,31)32)17-24(37-25)23-12-14-36-27(26(23)20(4)30(33,34)35)38-28(40)21-10-9-11-21/h12,14,17-21H,6-11,13,15-16H2,1-5H3,(H,36,38,40). The highest BCUT2D eigenvalue weighted by Crippen LogP contribution is 2.43. The van der Waals surface area contributed by atoms with Crippen molar-refractivity contribution in [1.82, 2.24) is 9.97 Å². The van der Waals surface area contributed by atoms with E-state index in [1.807, 2.05) is 11.8 Å². The zero-order chi connectivity index (χ0) is 29.7. The zero-order valence-corrected chi connectivity index (χ0v) is 24.0. The molecule has 0 aliphatic heterocycles. The third-order valence-electron chi connectivity index (χ3n) is 7.92. The molecule has 2 aromatic heterocycles. The van der Waals surface area contributed by atoms with Crippen molar-refractivity contribution < 1.29 is 26.7 Å². The summed E-state index contributed by atoms with van der Waals surface area (Å²) in [4.78, 5) is 23.4. The Kier molecular flexibility index (Phi) is 10.5. The van der Waals surface area contributed by atoms with Crippen molar-refractivity contribution in [2.45, 2.75) is 97.6 Å². The number of nitrogens with zero attached hydrogens (tertiary/aromatic N) is 3. The topological polar surface area (TPSA) is 58.1 Å². The minimum atomic E-state index is -4.66. The first-order valence-corrected chi connectivity index (χ1v) is 14.3. The van der Waals surface area contributed by atoms with E-state index in [0.717, 1.165) is 52.0 Å². The van der Waals surface area contributed by atoms with Crippen LogP contribution in [-0.2, 0) is 10.7 Å². The van der Waals surface area contributed by atoms with Gasteiger partial charge in [-0.1, -0.05) is 40.0 Å². The minimum absolute atomic E-state index is 0.00768. The van der Waals surface area contributed by atoms with Crippen LogP contribution in [0.2, 0.25) is 0 Å². The van der Waals surface area contributed by atoms with E-state index in [0.29, 0.717) is 37.7 Å². The largest absolute Gasteiger partial charge is 0.395 e. The van der Waals surface area contributed by atoms with Gasteiger partial charge in [-0.2, -0.15) is 13.2 Å². The number of pyridine rings is 2. The molecule has 0 saturated heterocycles. The molecule has 1 amide bonds. The lowest BCUT2D eigenvalue weighted by Crippen LogP contribution is -2.30. The second kappa shape index (κ2) is 13.3. The maximum Gasteiger partial charge on any atom is 0.395 e. The fourth-order valence-corrected chi connectivity index (χ4v) is 4.63. The van der Waals surface area contributed by atoms with Crippen molar-refractivity contribution in [3.63, 3.8) is 0 Å². The van der Waals surface area contributed by atoms with Gasteiger partial charge >= 0.3 is 6.18 Å². The molecular weight excluding hydrogens is 527 g/mol. The molecule has 2 unspecified atom stereocenters. The van der Waals surface area contributed by atoms with E-state index in [2.05, 4.69) is 29.1 Å². The second-order valence-corrected chi connectivity index (χ2v) is 11.1. The van der Waals surface area contributed by atoms with E-state index in [-0.39, 0.29) is 40.0 Å². The van der Waals surface area contributed by atoms with Crippen molar-refractivity contribution in [3.8, 4) is 11.3 Å². The average molecular weight is 569 g/mol. The first-order valence-electron chi connectivity index (χ1n) is 14.3. The van der Waals surface area contributed by atoms with Gasteiger partial charge in [0.15, 0.2) is 0 Å². The van der Waals surface area contributed by atoms with Crippen LogP contribution in [0.15, 0.2) is 24.4 Å². The molecule has 5 nitrogen and oxygen atoms in total. The predicted molar refractivity (Wildman–Crippen MR) is 149 cm³/mol. The molecule has 0 spiro atoms. The van der Waals surface area contributed by atoms with Gasteiger partial charge in [-0.15, -0.1) is 0 Å². The number of carbonyl (C=O) groups excluding carboxylic acids is 1. The van der Waals surface area contributed by atoms with E-state index in [4.69, 9.17) is 0 Å². The van der Waals surface area contributed by atoms with Gasteiger partial charge in [-0.05, 0) is 56.7 Å². The van der Waals surface area contributed by atoms with Crippen LogP contribution in [0.3, 0.4) is 0 Å². The number of alkyl halides is 5. The van der Waals surface area contributed by atoms with Crippen LogP contribution < -0.4 is 10.2 Å². The smallest absolute Gasteiger partial charge is 0.357 e. The molecule has 0 bridgehead atoms. The summed E-state index contributed by atoms with van der Waals surface area (Å²) in [5.41, 5.74) is -0.599. The fraction of sp³-hybridized carbons (Fsp3) is 0.633. The molecular formula is C30H41F5N4O. The monoisotopic (exact) mass is 568 g/mol. The van der Waals surface area contributed by atoms with Gasteiger partial charge in [0.1, 0.15) is 11.6 Å². The van der Waals surface area contributed by atoms with Crippen molar-refractivity contribution >= 4 is 17.5 Å². The highest BCUT2D eigenvalue weighted by molar-refractivity contribution is 5.94. The Morgan fingerprint density at radius 2 is 1.82 bits per heavy atom. The summed E-state index contributed by atoms with van der Waals surface area (Å²) in [6.07, 6.45) is 2.33. The van der Waals surface area contributed by atoms with Crippen molar-refractivity contribution in [2.75, 3.05) is 23.3 Å². The number of carbonyl (C=O) groups is 1. The van der Waals surface area contributed by atoms with Gasteiger partial charge in [-0.3, -0.25) is 4.79 Å². The molecule has 1 N–H and O–H groups in total. The Morgan fingerprint density at radius 1 is 1.12 bits per heavy atom. The maximum absolute atomic E-state index is 14.8. The summed E-state index contributed by atoms with van der Waals surface area (Å²) in [6, 6.07) is 3.84. The number of hydrogen-bond donors (Lipinski definition) is 1. The van der Waals surface area contributed by atoms with Gasteiger partial charge in [0.05, 0.1) is 11.6 Å². The maximum atomic E-state index is 14.8. The zero-order valence-electron chi connectivity index (χ0n) is 24.0. The molecule has 1 aliphatic carbocycles. The summed E-state index contributed by atoms with van der Waals surface area (Å²) in [7, 11) is 0. The predicted octanol–water partition coefficient (Wildman–Crippen LogP) is 8.70. The molecule has 0 radical (unpaired) electrons. The number of nitrogens with one attached hydrogen (secondary N) is 1. The van der Waals surface area contributed by atoms with Gasteiger partial charge in [-0.25, -0.2) is 18.7 Å². The number of unbranched alkanes of at least 4 members (excludes halogenated alkanes) is 1. The summed E-state index contributed by atoms with van der Waals surface area (Å²) >= 11 is 0. The van der Waals surface area contributed by atoms with Gasteiger partial charge in [0.25, 0.3) is 5.92 Å². The third kappa shape index (κ3) is 7.91. The highest BCUT2D eigenvalue weighted by Gasteiger charge is 2.41. The lowest BCUT2D eigenvalue weighted by molar-refractivity contribution is -0.146. The Bertz CT molecular complexity index is 1140. The number of anilines is 2.